The predicted molar refractivity (Wildman–Crippen MR) is 57.0 cm³/mol. The maximum absolute atomic E-state index is 11.6. The first-order chi connectivity index (χ1) is 7.33. The lowest BCUT2D eigenvalue weighted by atomic mass is 10.1. The molecule has 1 amide bonds. The fraction of sp³-hybridized carbons (Fsp3) is 0.727. The summed E-state index contributed by atoms with van der Waals surface area (Å²) in [7, 11) is 0. The van der Waals surface area contributed by atoms with Gasteiger partial charge in [0.1, 0.15) is 5.60 Å². The third kappa shape index (κ3) is 3.32. The van der Waals surface area contributed by atoms with Crippen LogP contribution < -0.4 is 0 Å². The van der Waals surface area contributed by atoms with E-state index in [0.29, 0.717) is 19.3 Å². The van der Waals surface area contributed by atoms with Gasteiger partial charge in [-0.05, 0) is 27.2 Å². The lowest BCUT2D eigenvalue weighted by Crippen LogP contribution is -2.35. The summed E-state index contributed by atoms with van der Waals surface area (Å²) in [5.74, 6) is -0.795. The Balaban J connectivity index is 2.50. The number of hydrogen-bond acceptors (Lipinski definition) is 4. The fourth-order valence-corrected chi connectivity index (χ4v) is 1.58. The van der Waals surface area contributed by atoms with E-state index in [1.807, 2.05) is 0 Å². The molecule has 0 bridgehead atoms. The van der Waals surface area contributed by atoms with Gasteiger partial charge >= 0.3 is 6.09 Å². The number of amides is 1. The second kappa shape index (κ2) is 4.63. The van der Waals surface area contributed by atoms with Crippen LogP contribution in [0.1, 0.15) is 27.2 Å². The number of ether oxygens (including phenoxy) is 1. The molecular formula is C11H17NO4. The first kappa shape index (κ1) is 12.7. The average Bonchev–Trinajstić information content (AvgIpc) is 2.62. The summed E-state index contributed by atoms with van der Waals surface area (Å²) in [5.41, 5.74) is -0.538. The molecule has 1 aliphatic rings. The number of hydrogen-bond donors (Lipinski definition) is 0. The van der Waals surface area contributed by atoms with Gasteiger partial charge in [0.2, 0.25) is 0 Å². The molecule has 0 aliphatic carbocycles. The Labute approximate surface area is 94.7 Å². The SMILES string of the molecule is CC(C)(C)OC(=O)N1CC[C@@H](C(=O)C=O)C1. The molecule has 1 aliphatic heterocycles. The van der Waals surface area contributed by atoms with Gasteiger partial charge in [-0.3, -0.25) is 9.59 Å². The first-order valence-electron chi connectivity index (χ1n) is 5.30. The van der Waals surface area contributed by atoms with E-state index in [1.54, 1.807) is 20.8 Å². The molecule has 1 rings (SSSR count). The molecule has 0 radical (unpaired) electrons. The largest absolute Gasteiger partial charge is 0.444 e. The van der Waals surface area contributed by atoms with Crippen LogP contribution >= 0.6 is 0 Å². The summed E-state index contributed by atoms with van der Waals surface area (Å²) >= 11 is 0. The van der Waals surface area contributed by atoms with Crippen molar-refractivity contribution in [1.29, 1.82) is 0 Å². The molecule has 0 aromatic rings. The quantitative estimate of drug-likeness (QED) is 0.521. The van der Waals surface area contributed by atoms with Gasteiger partial charge in [-0.15, -0.1) is 0 Å². The lowest BCUT2D eigenvalue weighted by molar-refractivity contribution is -0.132. The maximum Gasteiger partial charge on any atom is 0.410 e. The zero-order chi connectivity index (χ0) is 12.3. The molecule has 1 fully saturated rings. The average molecular weight is 227 g/mol. The van der Waals surface area contributed by atoms with E-state index in [0.717, 1.165) is 0 Å². The van der Waals surface area contributed by atoms with Crippen molar-refractivity contribution in [3.63, 3.8) is 0 Å². The van der Waals surface area contributed by atoms with Crippen LogP contribution in [0.4, 0.5) is 4.79 Å². The third-order valence-corrected chi connectivity index (χ3v) is 2.36. The van der Waals surface area contributed by atoms with E-state index in [2.05, 4.69) is 0 Å². The van der Waals surface area contributed by atoms with Crippen LogP contribution in [0, 0.1) is 5.92 Å². The first-order valence-corrected chi connectivity index (χ1v) is 5.30. The van der Waals surface area contributed by atoms with Gasteiger partial charge in [0.25, 0.3) is 0 Å². The van der Waals surface area contributed by atoms with E-state index < -0.39 is 17.5 Å². The minimum atomic E-state index is -0.538. The van der Waals surface area contributed by atoms with Gasteiger partial charge < -0.3 is 9.64 Å². The van der Waals surface area contributed by atoms with Crippen molar-refractivity contribution in [2.75, 3.05) is 13.1 Å². The molecule has 0 saturated carbocycles. The van der Waals surface area contributed by atoms with Crippen LogP contribution in [0.5, 0.6) is 0 Å². The monoisotopic (exact) mass is 227 g/mol. The third-order valence-electron chi connectivity index (χ3n) is 2.36. The standard InChI is InChI=1S/C11H17NO4/c1-11(2,3)16-10(15)12-5-4-8(6-12)9(14)7-13/h7-8H,4-6H2,1-3H3/t8-/m1/s1. The van der Waals surface area contributed by atoms with Crippen molar-refractivity contribution in [3.05, 3.63) is 0 Å². The molecule has 1 saturated heterocycles. The van der Waals surface area contributed by atoms with Crippen LogP contribution in [0.25, 0.3) is 0 Å². The van der Waals surface area contributed by atoms with E-state index in [9.17, 15) is 14.4 Å². The number of ketones is 1. The summed E-state index contributed by atoms with van der Waals surface area (Å²) in [6, 6.07) is 0. The second-order valence-electron chi connectivity index (χ2n) is 4.93. The van der Waals surface area contributed by atoms with Crippen LogP contribution in [0.3, 0.4) is 0 Å². The molecule has 0 spiro atoms. The normalized spacial score (nSPS) is 20.7. The van der Waals surface area contributed by atoms with E-state index in [1.165, 1.54) is 4.90 Å². The van der Waals surface area contributed by atoms with Crippen molar-refractivity contribution in [1.82, 2.24) is 4.90 Å². The zero-order valence-electron chi connectivity index (χ0n) is 9.86. The molecular weight excluding hydrogens is 210 g/mol. The molecule has 5 heteroatoms. The van der Waals surface area contributed by atoms with Gasteiger partial charge in [-0.2, -0.15) is 0 Å². The highest BCUT2D eigenvalue weighted by Crippen LogP contribution is 2.19. The van der Waals surface area contributed by atoms with Gasteiger partial charge in [0, 0.05) is 19.0 Å². The van der Waals surface area contributed by atoms with E-state index >= 15 is 0 Å². The lowest BCUT2D eigenvalue weighted by Gasteiger charge is -2.24. The molecule has 16 heavy (non-hydrogen) atoms. The van der Waals surface area contributed by atoms with Gasteiger partial charge in [0.15, 0.2) is 12.1 Å². The Bertz CT molecular complexity index is 306. The topological polar surface area (TPSA) is 63.7 Å². The zero-order valence-corrected chi connectivity index (χ0v) is 9.86. The number of carbonyl (C=O) groups excluding carboxylic acids is 3. The number of aldehydes is 1. The van der Waals surface area contributed by atoms with Crippen molar-refractivity contribution in [2.24, 2.45) is 5.92 Å². The van der Waals surface area contributed by atoms with Crippen molar-refractivity contribution in [2.45, 2.75) is 32.8 Å². The Morgan fingerprint density at radius 2 is 2.00 bits per heavy atom. The van der Waals surface area contributed by atoms with Crippen molar-refractivity contribution >= 4 is 18.2 Å². The number of rotatable bonds is 2. The Morgan fingerprint density at radius 1 is 1.38 bits per heavy atom. The smallest absolute Gasteiger partial charge is 0.410 e. The fourth-order valence-electron chi connectivity index (χ4n) is 1.58. The second-order valence-corrected chi connectivity index (χ2v) is 4.93. The Kier molecular flexibility index (Phi) is 3.67. The van der Waals surface area contributed by atoms with Gasteiger partial charge in [-0.1, -0.05) is 0 Å². The van der Waals surface area contributed by atoms with Crippen LogP contribution in [0.2, 0.25) is 0 Å². The van der Waals surface area contributed by atoms with Crippen LogP contribution in [0.15, 0.2) is 0 Å². The molecule has 5 nitrogen and oxygen atoms in total. The highest BCUT2D eigenvalue weighted by Gasteiger charge is 2.32. The molecule has 0 aromatic heterocycles. The molecule has 0 aromatic carbocycles. The minimum Gasteiger partial charge on any atom is -0.444 e. The molecule has 1 atom stereocenters. The number of carbonyl (C=O) groups is 3. The number of Topliss-reactive ketones (excluding diaryl/α,β-unsaturated/α-hetero) is 1. The summed E-state index contributed by atoms with van der Waals surface area (Å²) in [5, 5.41) is 0. The predicted octanol–water partition coefficient (Wildman–Crippen LogP) is 1.01. The highest BCUT2D eigenvalue weighted by atomic mass is 16.6. The van der Waals surface area contributed by atoms with Crippen molar-refractivity contribution in [3.8, 4) is 0 Å². The number of nitrogens with zero attached hydrogens (tertiary/aromatic N) is 1. The minimum absolute atomic E-state index is 0.284. The van der Waals surface area contributed by atoms with Crippen molar-refractivity contribution < 1.29 is 19.1 Å². The molecule has 0 N–H and O–H groups in total. The summed E-state index contributed by atoms with van der Waals surface area (Å²) in [6.07, 6.45) is 0.439. The van der Waals surface area contributed by atoms with Crippen LogP contribution in [-0.2, 0) is 14.3 Å². The molecule has 1 heterocycles. The summed E-state index contributed by atoms with van der Waals surface area (Å²) in [4.78, 5) is 34.5. The Morgan fingerprint density at radius 3 is 2.50 bits per heavy atom. The molecule has 0 unspecified atom stereocenters. The number of likely N-dealkylation sites (tertiary alicyclic amines) is 1. The Hall–Kier alpha value is -1.39. The highest BCUT2D eigenvalue weighted by molar-refractivity contribution is 6.26. The van der Waals surface area contributed by atoms with E-state index in [-0.39, 0.29) is 12.5 Å². The van der Waals surface area contributed by atoms with E-state index in [4.69, 9.17) is 4.74 Å². The summed E-state index contributed by atoms with van der Waals surface area (Å²) in [6.45, 7) is 6.12. The van der Waals surface area contributed by atoms with Gasteiger partial charge in [-0.25, -0.2) is 4.79 Å². The summed E-state index contributed by atoms with van der Waals surface area (Å²) < 4.78 is 5.17. The van der Waals surface area contributed by atoms with Crippen LogP contribution in [-0.4, -0.2) is 41.8 Å². The van der Waals surface area contributed by atoms with Gasteiger partial charge in [0.05, 0.1) is 0 Å². The maximum atomic E-state index is 11.6. The molecule has 90 valence electrons.